The molecule has 2 aromatic rings. The number of halogens is 1. The van der Waals surface area contributed by atoms with Gasteiger partial charge >= 0.3 is 0 Å². The van der Waals surface area contributed by atoms with Gasteiger partial charge in [-0.1, -0.05) is 48.0 Å². The normalized spacial score (nSPS) is 10.6. The Bertz CT molecular complexity index is 641. The number of para-hydroxylation sites is 1. The van der Waals surface area contributed by atoms with Crippen molar-refractivity contribution in [2.24, 2.45) is 0 Å². The van der Waals surface area contributed by atoms with Gasteiger partial charge in [0.05, 0.1) is 0 Å². The molecule has 0 aliphatic heterocycles. The third kappa shape index (κ3) is 4.93. The number of nitrogens with zero attached hydrogens (tertiary/aromatic N) is 1. The Morgan fingerprint density at radius 3 is 2.55 bits per heavy atom. The van der Waals surface area contributed by atoms with E-state index in [9.17, 15) is 4.79 Å². The lowest BCUT2D eigenvalue weighted by Gasteiger charge is -2.19. The molecule has 4 heteroatoms. The van der Waals surface area contributed by atoms with Crippen molar-refractivity contribution in [3.05, 3.63) is 71.3 Å². The first-order valence-electron chi connectivity index (χ1n) is 7.13. The summed E-state index contributed by atoms with van der Waals surface area (Å²) >= 11 is 6.03. The van der Waals surface area contributed by atoms with Crippen LogP contribution in [0.5, 0.6) is 0 Å². The second-order valence-corrected chi connectivity index (χ2v) is 5.31. The molecule has 0 bridgehead atoms. The standard InChI is InChI=1S/C18H19ClN2O/c1-21(16-8-3-2-4-9-16)14-13-20-18(22)12-11-15-7-5-6-10-17(15)19/h2-12H,13-14H2,1H3,(H,20,22)/b12-11+. The van der Waals surface area contributed by atoms with E-state index in [1.165, 1.54) is 6.08 Å². The van der Waals surface area contributed by atoms with Crippen molar-refractivity contribution in [1.82, 2.24) is 5.32 Å². The van der Waals surface area contributed by atoms with Crippen LogP contribution in [0.1, 0.15) is 5.56 Å². The Hall–Kier alpha value is -2.26. The summed E-state index contributed by atoms with van der Waals surface area (Å²) in [6.07, 6.45) is 3.22. The average molecular weight is 315 g/mol. The van der Waals surface area contributed by atoms with Crippen molar-refractivity contribution in [2.45, 2.75) is 0 Å². The van der Waals surface area contributed by atoms with Crippen LogP contribution < -0.4 is 10.2 Å². The first-order chi connectivity index (χ1) is 10.7. The summed E-state index contributed by atoms with van der Waals surface area (Å²) in [6.45, 7) is 1.33. The first kappa shape index (κ1) is 16.1. The Morgan fingerprint density at radius 1 is 1.14 bits per heavy atom. The van der Waals surface area contributed by atoms with Crippen LogP contribution in [-0.2, 0) is 4.79 Å². The maximum Gasteiger partial charge on any atom is 0.244 e. The summed E-state index contributed by atoms with van der Waals surface area (Å²) in [4.78, 5) is 13.9. The van der Waals surface area contributed by atoms with Crippen molar-refractivity contribution in [2.75, 3.05) is 25.0 Å². The first-order valence-corrected chi connectivity index (χ1v) is 7.51. The molecule has 1 N–H and O–H groups in total. The zero-order valence-electron chi connectivity index (χ0n) is 12.5. The molecule has 0 saturated heterocycles. The highest BCUT2D eigenvalue weighted by molar-refractivity contribution is 6.32. The number of hydrogen-bond acceptors (Lipinski definition) is 2. The van der Waals surface area contributed by atoms with Crippen LogP contribution in [0.3, 0.4) is 0 Å². The van der Waals surface area contributed by atoms with E-state index in [0.29, 0.717) is 11.6 Å². The van der Waals surface area contributed by atoms with E-state index in [1.54, 1.807) is 12.1 Å². The summed E-state index contributed by atoms with van der Waals surface area (Å²) in [6, 6.07) is 17.5. The minimum Gasteiger partial charge on any atom is -0.373 e. The molecule has 0 unspecified atom stereocenters. The number of carbonyl (C=O) groups excluding carboxylic acids is 1. The Morgan fingerprint density at radius 2 is 1.82 bits per heavy atom. The van der Waals surface area contributed by atoms with Gasteiger partial charge in [0.1, 0.15) is 0 Å². The van der Waals surface area contributed by atoms with Gasteiger partial charge in [-0.05, 0) is 29.8 Å². The summed E-state index contributed by atoms with van der Waals surface area (Å²) in [7, 11) is 2.00. The van der Waals surface area contributed by atoms with Crippen LogP contribution in [0.25, 0.3) is 6.08 Å². The lowest BCUT2D eigenvalue weighted by atomic mass is 10.2. The molecule has 1 amide bonds. The molecule has 2 rings (SSSR count). The van der Waals surface area contributed by atoms with Gasteiger partial charge in [-0.3, -0.25) is 4.79 Å². The zero-order chi connectivity index (χ0) is 15.8. The van der Waals surface area contributed by atoms with Gasteiger partial charge in [0, 0.05) is 36.9 Å². The molecule has 0 atom stereocenters. The predicted octanol–water partition coefficient (Wildman–Crippen LogP) is 3.61. The van der Waals surface area contributed by atoms with E-state index in [-0.39, 0.29) is 5.91 Å². The molecule has 22 heavy (non-hydrogen) atoms. The summed E-state index contributed by atoms with van der Waals surface area (Å²) in [5.74, 6) is -0.124. The summed E-state index contributed by atoms with van der Waals surface area (Å²) < 4.78 is 0. The minimum atomic E-state index is -0.124. The molecular formula is C18H19ClN2O. The SMILES string of the molecule is CN(CCNC(=O)/C=C/c1ccccc1Cl)c1ccccc1. The van der Waals surface area contributed by atoms with E-state index in [4.69, 9.17) is 11.6 Å². The lowest BCUT2D eigenvalue weighted by molar-refractivity contribution is -0.116. The number of likely N-dealkylation sites (N-methyl/N-ethyl adjacent to an activating group) is 1. The molecule has 0 aliphatic carbocycles. The van der Waals surface area contributed by atoms with Gasteiger partial charge in [0.25, 0.3) is 0 Å². The van der Waals surface area contributed by atoms with E-state index in [0.717, 1.165) is 17.8 Å². The van der Waals surface area contributed by atoms with E-state index in [2.05, 4.69) is 10.2 Å². The number of nitrogens with one attached hydrogen (secondary N) is 1. The molecule has 0 aromatic heterocycles. The summed E-state index contributed by atoms with van der Waals surface area (Å²) in [5, 5.41) is 3.50. The number of carbonyl (C=O) groups is 1. The van der Waals surface area contributed by atoms with Gasteiger partial charge in [0.2, 0.25) is 5.91 Å². The van der Waals surface area contributed by atoms with Crippen LogP contribution >= 0.6 is 11.6 Å². The highest BCUT2D eigenvalue weighted by atomic mass is 35.5. The van der Waals surface area contributed by atoms with Crippen molar-refractivity contribution in [1.29, 1.82) is 0 Å². The second-order valence-electron chi connectivity index (χ2n) is 4.90. The molecule has 3 nitrogen and oxygen atoms in total. The van der Waals surface area contributed by atoms with E-state index >= 15 is 0 Å². The molecule has 0 spiro atoms. The third-order valence-electron chi connectivity index (χ3n) is 3.26. The lowest BCUT2D eigenvalue weighted by Crippen LogP contribution is -2.31. The monoisotopic (exact) mass is 314 g/mol. The molecule has 0 radical (unpaired) electrons. The predicted molar refractivity (Wildman–Crippen MR) is 93.2 cm³/mol. The molecule has 0 fully saturated rings. The maximum atomic E-state index is 11.8. The second kappa shape index (κ2) is 8.25. The number of hydrogen-bond donors (Lipinski definition) is 1. The van der Waals surface area contributed by atoms with Gasteiger partial charge in [-0.15, -0.1) is 0 Å². The van der Waals surface area contributed by atoms with Gasteiger partial charge in [-0.25, -0.2) is 0 Å². The van der Waals surface area contributed by atoms with Crippen molar-refractivity contribution in [3.63, 3.8) is 0 Å². The highest BCUT2D eigenvalue weighted by Gasteiger charge is 2.01. The van der Waals surface area contributed by atoms with E-state index < -0.39 is 0 Å². The van der Waals surface area contributed by atoms with Crippen molar-refractivity contribution in [3.8, 4) is 0 Å². The highest BCUT2D eigenvalue weighted by Crippen LogP contribution is 2.16. The largest absolute Gasteiger partial charge is 0.373 e. The van der Waals surface area contributed by atoms with Gasteiger partial charge < -0.3 is 10.2 Å². The molecule has 0 aliphatic rings. The smallest absolute Gasteiger partial charge is 0.244 e. The van der Waals surface area contributed by atoms with Crippen LogP contribution in [-0.4, -0.2) is 26.0 Å². The fourth-order valence-corrected chi connectivity index (χ4v) is 2.19. The quantitative estimate of drug-likeness (QED) is 0.826. The maximum absolute atomic E-state index is 11.8. The zero-order valence-corrected chi connectivity index (χ0v) is 13.3. The fourth-order valence-electron chi connectivity index (χ4n) is 1.99. The molecule has 114 valence electrons. The number of amides is 1. The van der Waals surface area contributed by atoms with Crippen molar-refractivity contribution < 1.29 is 4.79 Å². The van der Waals surface area contributed by atoms with Crippen molar-refractivity contribution >= 4 is 29.3 Å². The van der Waals surface area contributed by atoms with E-state index in [1.807, 2.05) is 55.6 Å². The average Bonchev–Trinajstić information content (AvgIpc) is 2.55. The topological polar surface area (TPSA) is 32.3 Å². The molecular weight excluding hydrogens is 296 g/mol. The van der Waals surface area contributed by atoms with Gasteiger partial charge in [-0.2, -0.15) is 0 Å². The number of anilines is 1. The summed E-state index contributed by atoms with van der Waals surface area (Å²) in [5.41, 5.74) is 1.96. The van der Waals surface area contributed by atoms with Gasteiger partial charge in [0.15, 0.2) is 0 Å². The Labute approximate surface area is 136 Å². The van der Waals surface area contributed by atoms with Crippen LogP contribution in [0.4, 0.5) is 5.69 Å². The Balaban J connectivity index is 1.78. The van der Waals surface area contributed by atoms with Crippen LogP contribution in [0, 0.1) is 0 Å². The molecule has 2 aromatic carbocycles. The number of benzene rings is 2. The molecule has 0 saturated carbocycles. The number of rotatable bonds is 6. The van der Waals surface area contributed by atoms with Crippen LogP contribution in [0.15, 0.2) is 60.7 Å². The fraction of sp³-hybridized carbons (Fsp3) is 0.167. The minimum absolute atomic E-state index is 0.124. The molecule has 0 heterocycles. The third-order valence-corrected chi connectivity index (χ3v) is 3.61. The van der Waals surface area contributed by atoms with Crippen LogP contribution in [0.2, 0.25) is 5.02 Å². The Kier molecular flexibility index (Phi) is 6.04.